The Morgan fingerprint density at radius 2 is 0.745 bits per heavy atom. The largest absolute Gasteiger partial charge is 0.381 e. The molecule has 1 rings (SSSR count). The van der Waals surface area contributed by atoms with E-state index in [4.69, 9.17) is 28.4 Å². The third-order valence-electron chi connectivity index (χ3n) is 8.78. The summed E-state index contributed by atoms with van der Waals surface area (Å²) in [5, 5.41) is 0. The first-order valence-electron chi connectivity index (χ1n) is 19.9. The smallest absolute Gasteiger partial charge is 0.0700 e. The van der Waals surface area contributed by atoms with E-state index in [9.17, 15) is 0 Å². The van der Waals surface area contributed by atoms with Crippen molar-refractivity contribution in [2.45, 2.75) is 142 Å². The number of hydrogen-bond acceptors (Lipinski definition) is 8. The minimum absolute atomic E-state index is 0.328. The van der Waals surface area contributed by atoms with Gasteiger partial charge < -0.3 is 28.4 Å². The zero-order valence-corrected chi connectivity index (χ0v) is 32.9. The van der Waals surface area contributed by atoms with E-state index in [1.165, 1.54) is 116 Å². The number of hydrogen-bond donors (Lipinski definition) is 0. The Hall–Kier alpha value is 0.460. The Morgan fingerprint density at radius 1 is 0.404 bits per heavy atom. The highest BCUT2D eigenvalue weighted by Crippen LogP contribution is 2.22. The number of ether oxygens (including phenoxy) is 6. The molecule has 0 amide bonds. The maximum atomic E-state index is 6.35. The van der Waals surface area contributed by atoms with Crippen LogP contribution in [-0.2, 0) is 28.4 Å². The van der Waals surface area contributed by atoms with Gasteiger partial charge in [0.2, 0.25) is 0 Å². The molecule has 0 spiro atoms. The lowest BCUT2D eigenvalue weighted by atomic mass is 9.92. The highest BCUT2D eigenvalue weighted by molar-refractivity contribution is 8.02. The molecule has 1 fully saturated rings. The van der Waals surface area contributed by atoms with Crippen LogP contribution in [0.1, 0.15) is 142 Å². The van der Waals surface area contributed by atoms with Gasteiger partial charge in [-0.15, -0.1) is 0 Å². The van der Waals surface area contributed by atoms with Gasteiger partial charge in [-0.3, -0.25) is 0 Å². The minimum atomic E-state index is -0.328. The molecular weight excluding hydrogens is 629 g/mol. The molecule has 1 aliphatic rings. The standard InChI is InChI=1S/C39H78O6S2/c1-3-5-7-9-11-13-15-17-19-21-23-42-35-39(36-43-24-22-20-18-16-14-12-10-8-6-4-2)37-44-27-25-40-29-31-46-33-34-47-32-30-41-26-28-45-38-39/h3-38H2,1-2H3. The van der Waals surface area contributed by atoms with Crippen molar-refractivity contribution >= 4 is 23.5 Å². The summed E-state index contributed by atoms with van der Waals surface area (Å²) < 4.78 is 36.9. The number of rotatable bonds is 26. The molecule has 282 valence electrons. The Morgan fingerprint density at radius 3 is 1.13 bits per heavy atom. The molecule has 1 saturated heterocycles. The molecule has 0 unspecified atom stereocenters. The average molecular weight is 707 g/mol. The summed E-state index contributed by atoms with van der Waals surface area (Å²) in [6.07, 6.45) is 26.6. The Labute approximate surface area is 301 Å². The van der Waals surface area contributed by atoms with Crippen LogP contribution in [0.4, 0.5) is 0 Å². The van der Waals surface area contributed by atoms with Gasteiger partial charge in [0.05, 0.1) is 71.5 Å². The summed E-state index contributed by atoms with van der Waals surface area (Å²) >= 11 is 3.92. The Balaban J connectivity index is 2.50. The summed E-state index contributed by atoms with van der Waals surface area (Å²) in [5.74, 6) is 4.39. The van der Waals surface area contributed by atoms with Crippen LogP contribution in [0.3, 0.4) is 0 Å². The van der Waals surface area contributed by atoms with Gasteiger partial charge in [-0.2, -0.15) is 23.5 Å². The van der Waals surface area contributed by atoms with E-state index in [1.807, 2.05) is 23.5 Å². The topological polar surface area (TPSA) is 55.4 Å². The Kier molecular flexibility index (Phi) is 36.5. The quantitative estimate of drug-likeness (QED) is 0.0824. The summed E-state index contributed by atoms with van der Waals surface area (Å²) in [5.41, 5.74) is -0.328. The van der Waals surface area contributed by atoms with E-state index in [-0.39, 0.29) is 5.41 Å². The van der Waals surface area contributed by atoms with Crippen LogP contribution in [0.15, 0.2) is 0 Å². The summed E-state index contributed by atoms with van der Waals surface area (Å²) in [7, 11) is 0. The van der Waals surface area contributed by atoms with Gasteiger partial charge in [0.1, 0.15) is 0 Å². The molecule has 1 aliphatic heterocycles. The van der Waals surface area contributed by atoms with Gasteiger partial charge in [0.25, 0.3) is 0 Å². The fourth-order valence-corrected chi connectivity index (χ4v) is 7.61. The molecule has 0 radical (unpaired) electrons. The molecule has 0 bridgehead atoms. The van der Waals surface area contributed by atoms with Gasteiger partial charge in [0.15, 0.2) is 0 Å². The van der Waals surface area contributed by atoms with E-state index in [1.54, 1.807) is 0 Å². The van der Waals surface area contributed by atoms with Crippen LogP contribution in [0, 0.1) is 5.41 Å². The van der Waals surface area contributed by atoms with E-state index < -0.39 is 0 Å². The van der Waals surface area contributed by atoms with Crippen LogP contribution in [0.25, 0.3) is 0 Å². The summed E-state index contributed by atoms with van der Waals surface area (Å²) in [6.45, 7) is 12.4. The fraction of sp³-hybridized carbons (Fsp3) is 1.00. The van der Waals surface area contributed by atoms with Crippen LogP contribution < -0.4 is 0 Å². The molecule has 0 N–H and O–H groups in total. The van der Waals surface area contributed by atoms with E-state index in [0.717, 1.165) is 62.3 Å². The zero-order valence-electron chi connectivity index (χ0n) is 31.2. The van der Waals surface area contributed by atoms with Crippen LogP contribution >= 0.6 is 23.5 Å². The van der Waals surface area contributed by atoms with Gasteiger partial charge >= 0.3 is 0 Å². The minimum Gasteiger partial charge on any atom is -0.381 e. The summed E-state index contributed by atoms with van der Waals surface area (Å²) in [4.78, 5) is 0. The highest BCUT2D eigenvalue weighted by atomic mass is 32.2. The fourth-order valence-electron chi connectivity index (χ4n) is 5.79. The number of thioether (sulfide) groups is 2. The third-order valence-corrected chi connectivity index (χ3v) is 10.9. The molecule has 1 heterocycles. The predicted octanol–water partition coefficient (Wildman–Crippen LogP) is 10.4. The normalized spacial score (nSPS) is 18.0. The SMILES string of the molecule is CCCCCCCCCCCCOCC1(COCCCCCCCCCCCC)COCCOCCSCCSCCOCCOC1. The second kappa shape index (κ2) is 37.7. The molecule has 0 atom stereocenters. The van der Waals surface area contributed by atoms with Crippen molar-refractivity contribution in [3.63, 3.8) is 0 Å². The van der Waals surface area contributed by atoms with Crippen molar-refractivity contribution in [3.8, 4) is 0 Å². The lowest BCUT2D eigenvalue weighted by Crippen LogP contribution is -2.42. The second-order valence-corrected chi connectivity index (χ2v) is 16.0. The average Bonchev–Trinajstić information content (AvgIpc) is 3.08. The highest BCUT2D eigenvalue weighted by Gasteiger charge is 2.32. The monoisotopic (exact) mass is 707 g/mol. The third kappa shape index (κ3) is 32.1. The van der Waals surface area contributed by atoms with Gasteiger partial charge in [-0.05, 0) is 12.8 Å². The van der Waals surface area contributed by atoms with E-state index in [2.05, 4.69) is 13.8 Å². The van der Waals surface area contributed by atoms with Gasteiger partial charge in [-0.25, -0.2) is 0 Å². The first-order chi connectivity index (χ1) is 23.3. The first kappa shape index (κ1) is 45.5. The van der Waals surface area contributed by atoms with Crippen molar-refractivity contribution in [2.24, 2.45) is 5.41 Å². The predicted molar refractivity (Wildman–Crippen MR) is 206 cm³/mol. The molecule has 0 aromatic carbocycles. The molecule has 0 saturated carbocycles. The molecule has 6 nitrogen and oxygen atoms in total. The molecule has 0 aliphatic carbocycles. The first-order valence-corrected chi connectivity index (χ1v) is 22.3. The lowest BCUT2D eigenvalue weighted by Gasteiger charge is -2.33. The second-order valence-electron chi connectivity index (χ2n) is 13.5. The van der Waals surface area contributed by atoms with Crippen LogP contribution in [-0.4, -0.2) is 102 Å². The molecule has 0 aromatic heterocycles. The summed E-state index contributed by atoms with van der Waals surface area (Å²) in [6, 6.07) is 0. The van der Waals surface area contributed by atoms with E-state index >= 15 is 0 Å². The maximum Gasteiger partial charge on any atom is 0.0700 e. The van der Waals surface area contributed by atoms with Crippen molar-refractivity contribution in [1.29, 1.82) is 0 Å². The lowest BCUT2D eigenvalue weighted by molar-refractivity contribution is -0.114. The van der Waals surface area contributed by atoms with Gasteiger partial charge in [0, 0.05) is 36.2 Å². The van der Waals surface area contributed by atoms with Crippen LogP contribution in [0.2, 0.25) is 0 Å². The van der Waals surface area contributed by atoms with Crippen molar-refractivity contribution in [2.75, 3.05) is 102 Å². The molecule has 0 aromatic rings. The number of unbranched alkanes of at least 4 members (excludes halogenated alkanes) is 18. The van der Waals surface area contributed by atoms with Crippen molar-refractivity contribution < 1.29 is 28.4 Å². The molecule has 8 heteroatoms. The van der Waals surface area contributed by atoms with Crippen LogP contribution in [0.5, 0.6) is 0 Å². The zero-order chi connectivity index (χ0) is 33.6. The maximum absolute atomic E-state index is 6.35. The Bertz CT molecular complexity index is 550. The van der Waals surface area contributed by atoms with Crippen molar-refractivity contribution in [1.82, 2.24) is 0 Å². The van der Waals surface area contributed by atoms with Crippen molar-refractivity contribution in [3.05, 3.63) is 0 Å². The van der Waals surface area contributed by atoms with Gasteiger partial charge in [-0.1, -0.05) is 129 Å². The molecule has 47 heavy (non-hydrogen) atoms. The van der Waals surface area contributed by atoms with E-state index in [0.29, 0.717) is 52.9 Å². The molecular formula is C39H78O6S2.